The number of likely N-dealkylation sites (tertiary alicyclic amines) is 1. The second-order valence-corrected chi connectivity index (χ2v) is 6.45. The van der Waals surface area contributed by atoms with Crippen LogP contribution >= 0.6 is 0 Å². The average Bonchev–Trinajstić information content (AvgIpc) is 2.56. The van der Waals surface area contributed by atoms with Crippen LogP contribution in [0.25, 0.3) is 0 Å². The predicted molar refractivity (Wildman–Crippen MR) is 91.2 cm³/mol. The number of carbonyl (C=O) groups excluding carboxylic acids is 1. The van der Waals surface area contributed by atoms with Gasteiger partial charge >= 0.3 is 0 Å². The highest BCUT2D eigenvalue weighted by Crippen LogP contribution is 2.20. The fraction of sp³-hybridized carbons (Fsp3) is 0.611. The molecule has 23 heavy (non-hydrogen) atoms. The SMILES string of the molecule is COCC(C)C(=O)Nc1cccc(CN2CCC(CO)CC2)c1. The number of hydrogen-bond acceptors (Lipinski definition) is 4. The van der Waals surface area contributed by atoms with E-state index in [-0.39, 0.29) is 11.8 Å². The van der Waals surface area contributed by atoms with E-state index in [0.29, 0.717) is 19.1 Å². The van der Waals surface area contributed by atoms with Gasteiger partial charge in [0.1, 0.15) is 0 Å². The number of nitrogens with one attached hydrogen (secondary N) is 1. The minimum atomic E-state index is -0.166. The van der Waals surface area contributed by atoms with Gasteiger partial charge < -0.3 is 15.2 Å². The van der Waals surface area contributed by atoms with Crippen molar-refractivity contribution in [1.82, 2.24) is 4.90 Å². The Balaban J connectivity index is 1.88. The summed E-state index contributed by atoms with van der Waals surface area (Å²) >= 11 is 0. The standard InChI is InChI=1S/C18H28N2O3/c1-14(13-23-2)18(22)19-17-5-3-4-16(10-17)11-20-8-6-15(12-21)7-9-20/h3-5,10,14-15,21H,6-9,11-13H2,1-2H3,(H,19,22). The summed E-state index contributed by atoms with van der Waals surface area (Å²) in [5.74, 6) is 0.271. The van der Waals surface area contributed by atoms with Crippen molar-refractivity contribution in [2.75, 3.05) is 38.7 Å². The van der Waals surface area contributed by atoms with E-state index < -0.39 is 0 Å². The number of aliphatic hydroxyl groups excluding tert-OH is 1. The van der Waals surface area contributed by atoms with Gasteiger partial charge in [-0.2, -0.15) is 0 Å². The summed E-state index contributed by atoms with van der Waals surface area (Å²) in [6.07, 6.45) is 2.11. The number of aliphatic hydroxyl groups is 1. The lowest BCUT2D eigenvalue weighted by atomic mass is 9.97. The summed E-state index contributed by atoms with van der Waals surface area (Å²) in [5.41, 5.74) is 2.03. The Morgan fingerprint density at radius 1 is 1.43 bits per heavy atom. The van der Waals surface area contributed by atoms with Gasteiger partial charge in [-0.1, -0.05) is 19.1 Å². The number of methoxy groups -OCH3 is 1. The third kappa shape index (κ3) is 5.61. The van der Waals surface area contributed by atoms with Gasteiger partial charge in [0, 0.05) is 25.9 Å². The number of ether oxygens (including phenoxy) is 1. The van der Waals surface area contributed by atoms with Crippen LogP contribution in [0.15, 0.2) is 24.3 Å². The maximum atomic E-state index is 12.0. The van der Waals surface area contributed by atoms with Gasteiger partial charge in [-0.3, -0.25) is 9.69 Å². The van der Waals surface area contributed by atoms with Crippen molar-refractivity contribution in [2.45, 2.75) is 26.3 Å². The molecule has 1 aromatic carbocycles. The van der Waals surface area contributed by atoms with Crippen molar-refractivity contribution in [3.63, 3.8) is 0 Å². The van der Waals surface area contributed by atoms with Crippen molar-refractivity contribution in [2.24, 2.45) is 11.8 Å². The molecule has 0 aliphatic carbocycles. The van der Waals surface area contributed by atoms with Crippen molar-refractivity contribution < 1.29 is 14.6 Å². The maximum absolute atomic E-state index is 12.0. The van der Waals surface area contributed by atoms with Crippen molar-refractivity contribution in [3.05, 3.63) is 29.8 Å². The first-order valence-corrected chi connectivity index (χ1v) is 8.34. The molecule has 5 nitrogen and oxygen atoms in total. The van der Waals surface area contributed by atoms with E-state index in [1.165, 1.54) is 5.56 Å². The molecule has 0 spiro atoms. The Bertz CT molecular complexity index is 499. The summed E-state index contributed by atoms with van der Waals surface area (Å²) in [6, 6.07) is 8.02. The zero-order valence-corrected chi connectivity index (χ0v) is 14.1. The number of hydrogen-bond donors (Lipinski definition) is 2. The summed E-state index contributed by atoms with van der Waals surface area (Å²) in [7, 11) is 1.60. The number of rotatable bonds is 7. The Labute approximate surface area is 138 Å². The first-order chi connectivity index (χ1) is 11.1. The molecule has 2 rings (SSSR count). The molecule has 1 fully saturated rings. The van der Waals surface area contributed by atoms with Crippen LogP contribution in [0.4, 0.5) is 5.69 Å². The molecule has 1 aromatic rings. The van der Waals surface area contributed by atoms with Crippen molar-refractivity contribution in [3.8, 4) is 0 Å². The molecule has 1 aliphatic rings. The molecular formula is C18H28N2O3. The normalized spacial score (nSPS) is 17.9. The molecule has 5 heteroatoms. The van der Waals surface area contributed by atoms with E-state index >= 15 is 0 Å². The van der Waals surface area contributed by atoms with Gasteiger partial charge in [-0.25, -0.2) is 0 Å². The topological polar surface area (TPSA) is 61.8 Å². The lowest BCUT2D eigenvalue weighted by Gasteiger charge is -2.31. The number of anilines is 1. The molecule has 1 atom stereocenters. The van der Waals surface area contributed by atoms with Gasteiger partial charge in [0.2, 0.25) is 5.91 Å². The van der Waals surface area contributed by atoms with E-state index in [0.717, 1.165) is 38.2 Å². The second-order valence-electron chi connectivity index (χ2n) is 6.45. The Morgan fingerprint density at radius 3 is 2.83 bits per heavy atom. The number of piperidine rings is 1. The Morgan fingerprint density at radius 2 is 2.17 bits per heavy atom. The maximum Gasteiger partial charge on any atom is 0.229 e. The van der Waals surface area contributed by atoms with Crippen LogP contribution in [0.3, 0.4) is 0 Å². The van der Waals surface area contributed by atoms with Gasteiger partial charge in [-0.05, 0) is 49.5 Å². The van der Waals surface area contributed by atoms with E-state index in [4.69, 9.17) is 4.74 Å². The quantitative estimate of drug-likeness (QED) is 0.808. The molecule has 0 bridgehead atoms. The molecule has 0 radical (unpaired) electrons. The first kappa shape index (κ1) is 17.9. The van der Waals surface area contributed by atoms with Gasteiger partial charge in [-0.15, -0.1) is 0 Å². The largest absolute Gasteiger partial charge is 0.396 e. The van der Waals surface area contributed by atoms with E-state index in [1.54, 1.807) is 7.11 Å². The summed E-state index contributed by atoms with van der Waals surface area (Å²) in [4.78, 5) is 14.5. The number of benzene rings is 1. The Kier molecular flexibility index (Phi) is 7.02. The van der Waals surface area contributed by atoms with Crippen LogP contribution in [-0.2, 0) is 16.1 Å². The zero-order chi connectivity index (χ0) is 16.7. The smallest absolute Gasteiger partial charge is 0.229 e. The van der Waals surface area contributed by atoms with Crippen molar-refractivity contribution in [1.29, 1.82) is 0 Å². The highest BCUT2D eigenvalue weighted by Gasteiger charge is 2.18. The van der Waals surface area contributed by atoms with Gasteiger partial charge in [0.25, 0.3) is 0 Å². The minimum Gasteiger partial charge on any atom is -0.396 e. The molecule has 1 heterocycles. The fourth-order valence-corrected chi connectivity index (χ4v) is 2.92. The highest BCUT2D eigenvalue weighted by molar-refractivity contribution is 5.92. The minimum absolute atomic E-state index is 0.0206. The molecule has 1 aliphatic heterocycles. The molecule has 0 aromatic heterocycles. The van der Waals surface area contributed by atoms with Crippen molar-refractivity contribution >= 4 is 11.6 Å². The van der Waals surface area contributed by atoms with E-state index in [2.05, 4.69) is 16.3 Å². The zero-order valence-electron chi connectivity index (χ0n) is 14.1. The van der Waals surface area contributed by atoms with Gasteiger partial charge in [0.15, 0.2) is 0 Å². The van der Waals surface area contributed by atoms with Crippen LogP contribution in [-0.4, -0.2) is 49.3 Å². The van der Waals surface area contributed by atoms with Crippen LogP contribution in [0.1, 0.15) is 25.3 Å². The van der Waals surface area contributed by atoms with Gasteiger partial charge in [0.05, 0.1) is 12.5 Å². The first-order valence-electron chi connectivity index (χ1n) is 8.34. The fourth-order valence-electron chi connectivity index (χ4n) is 2.92. The molecule has 1 amide bonds. The molecule has 128 valence electrons. The number of carbonyl (C=O) groups is 1. The van der Waals surface area contributed by atoms with Crippen LogP contribution in [0.2, 0.25) is 0 Å². The summed E-state index contributed by atoms with van der Waals surface area (Å²) in [5, 5.41) is 12.2. The molecule has 2 N–H and O–H groups in total. The summed E-state index contributed by atoms with van der Waals surface area (Å²) < 4.78 is 5.02. The number of nitrogens with zero attached hydrogens (tertiary/aromatic N) is 1. The lowest BCUT2D eigenvalue weighted by molar-refractivity contribution is -0.120. The van der Waals surface area contributed by atoms with Crippen LogP contribution in [0, 0.1) is 11.8 Å². The monoisotopic (exact) mass is 320 g/mol. The number of amides is 1. The third-order valence-electron chi connectivity index (χ3n) is 4.43. The van der Waals surface area contributed by atoms with E-state index in [1.807, 2.05) is 25.1 Å². The lowest BCUT2D eigenvalue weighted by Crippen LogP contribution is -2.34. The Hall–Kier alpha value is -1.43. The highest BCUT2D eigenvalue weighted by atomic mass is 16.5. The van der Waals surface area contributed by atoms with Crippen LogP contribution < -0.4 is 5.32 Å². The molecule has 0 saturated carbocycles. The molecule has 1 saturated heterocycles. The molecule has 1 unspecified atom stereocenters. The predicted octanol–water partition coefficient (Wildman–Crippen LogP) is 2.11. The second kappa shape index (κ2) is 9.01. The third-order valence-corrected chi connectivity index (χ3v) is 4.43. The van der Waals surface area contributed by atoms with Crippen LogP contribution in [0.5, 0.6) is 0 Å². The summed E-state index contributed by atoms with van der Waals surface area (Å²) in [6.45, 7) is 5.50. The average molecular weight is 320 g/mol. The molecular weight excluding hydrogens is 292 g/mol. The van der Waals surface area contributed by atoms with E-state index in [9.17, 15) is 9.90 Å².